The highest BCUT2D eigenvalue weighted by atomic mass is 35.5. The summed E-state index contributed by atoms with van der Waals surface area (Å²) in [6.45, 7) is 8.14. The van der Waals surface area contributed by atoms with Gasteiger partial charge in [-0.2, -0.15) is 5.10 Å². The molecule has 1 N–H and O–H groups in total. The number of ether oxygens (including phenoxy) is 1. The summed E-state index contributed by atoms with van der Waals surface area (Å²) in [4.78, 5) is 9.11. The summed E-state index contributed by atoms with van der Waals surface area (Å²) in [6.07, 6.45) is 3.50. The molecular weight excluding hydrogens is 397 g/mol. The van der Waals surface area contributed by atoms with Crippen molar-refractivity contribution >= 4 is 41.7 Å². The van der Waals surface area contributed by atoms with Crippen LogP contribution in [0.4, 0.5) is 4.39 Å². The standard InChI is InChI=1S/C19H21ClFN5OSi/c1-28(2,3)7-6-27-11-26-5-4-14-19(26)22-10-16(23-14)18-17-13(21)8-12(20)9-15(17)24-25-18/h4-5,8-10H,6-7,11H2,1-3H3,(H,24,25). The maximum Gasteiger partial charge on any atom is 0.160 e. The van der Waals surface area contributed by atoms with Crippen LogP contribution in [0.25, 0.3) is 33.5 Å². The molecule has 9 heteroatoms. The van der Waals surface area contributed by atoms with E-state index in [0.717, 1.165) is 18.3 Å². The number of aromatic nitrogens is 5. The van der Waals surface area contributed by atoms with E-state index in [4.69, 9.17) is 16.3 Å². The SMILES string of the molecule is C[Si](C)(C)CCOCn1ccc2nc(-c3n[nH]c4cc(Cl)cc(F)c34)cnc21. The Hall–Kier alpha value is -2.29. The number of aromatic amines is 1. The van der Waals surface area contributed by atoms with Gasteiger partial charge in [-0.05, 0) is 24.2 Å². The molecule has 146 valence electrons. The molecule has 0 aliphatic rings. The van der Waals surface area contributed by atoms with Gasteiger partial charge in [0.1, 0.15) is 29.5 Å². The average molecular weight is 418 g/mol. The predicted molar refractivity (Wildman–Crippen MR) is 112 cm³/mol. The van der Waals surface area contributed by atoms with E-state index in [1.165, 1.54) is 6.07 Å². The van der Waals surface area contributed by atoms with Gasteiger partial charge in [0, 0.05) is 25.9 Å². The number of halogens is 2. The van der Waals surface area contributed by atoms with Crippen LogP contribution < -0.4 is 0 Å². The van der Waals surface area contributed by atoms with Crippen molar-refractivity contribution in [3.05, 3.63) is 41.4 Å². The second-order valence-corrected chi connectivity index (χ2v) is 14.0. The number of rotatable bonds is 6. The molecule has 4 aromatic rings. The van der Waals surface area contributed by atoms with Crippen LogP contribution in [0, 0.1) is 5.82 Å². The summed E-state index contributed by atoms with van der Waals surface area (Å²) in [5.41, 5.74) is 2.86. The zero-order valence-electron chi connectivity index (χ0n) is 16.0. The van der Waals surface area contributed by atoms with Crippen LogP contribution in [0.1, 0.15) is 0 Å². The number of hydrogen-bond donors (Lipinski definition) is 1. The van der Waals surface area contributed by atoms with Gasteiger partial charge in [0.2, 0.25) is 0 Å². The van der Waals surface area contributed by atoms with Gasteiger partial charge in [-0.25, -0.2) is 14.4 Å². The van der Waals surface area contributed by atoms with Crippen LogP contribution in [0.15, 0.2) is 30.6 Å². The third-order valence-electron chi connectivity index (χ3n) is 4.51. The number of H-pyrrole nitrogens is 1. The number of nitrogens with one attached hydrogen (secondary N) is 1. The first kappa shape index (κ1) is 19.0. The van der Waals surface area contributed by atoms with Crippen LogP contribution in [-0.2, 0) is 11.5 Å². The lowest BCUT2D eigenvalue weighted by Gasteiger charge is -2.15. The van der Waals surface area contributed by atoms with E-state index in [-0.39, 0.29) is 0 Å². The van der Waals surface area contributed by atoms with Gasteiger partial charge in [-0.15, -0.1) is 0 Å². The summed E-state index contributed by atoms with van der Waals surface area (Å²) in [7, 11) is -1.11. The minimum absolute atomic E-state index is 0.313. The fourth-order valence-electron chi connectivity index (χ4n) is 2.98. The number of benzene rings is 1. The van der Waals surface area contributed by atoms with Gasteiger partial charge < -0.3 is 9.30 Å². The lowest BCUT2D eigenvalue weighted by Crippen LogP contribution is -2.22. The first-order valence-electron chi connectivity index (χ1n) is 9.05. The van der Waals surface area contributed by atoms with E-state index >= 15 is 0 Å². The van der Waals surface area contributed by atoms with Gasteiger partial charge in [0.25, 0.3) is 0 Å². The summed E-state index contributed by atoms with van der Waals surface area (Å²) in [6, 6.07) is 5.89. The van der Waals surface area contributed by atoms with E-state index in [0.29, 0.717) is 39.6 Å². The second kappa shape index (κ2) is 7.27. The molecule has 1 aromatic carbocycles. The van der Waals surface area contributed by atoms with Crippen molar-refractivity contribution in [2.24, 2.45) is 0 Å². The van der Waals surface area contributed by atoms with Crippen molar-refractivity contribution in [3.63, 3.8) is 0 Å². The third-order valence-corrected chi connectivity index (χ3v) is 6.44. The van der Waals surface area contributed by atoms with Gasteiger partial charge >= 0.3 is 0 Å². The number of hydrogen-bond acceptors (Lipinski definition) is 4. The molecule has 3 heterocycles. The quantitative estimate of drug-likeness (QED) is 0.351. The molecule has 0 amide bonds. The molecular formula is C19H21ClFN5OSi. The Kier molecular flexibility index (Phi) is 4.94. The Bertz CT molecular complexity index is 1150. The fraction of sp³-hybridized carbons (Fsp3) is 0.316. The van der Waals surface area contributed by atoms with Crippen LogP contribution in [0.2, 0.25) is 30.7 Å². The van der Waals surface area contributed by atoms with Crippen molar-refractivity contribution in [1.29, 1.82) is 0 Å². The Morgan fingerprint density at radius 3 is 2.89 bits per heavy atom. The summed E-state index contributed by atoms with van der Waals surface area (Å²) in [5, 5.41) is 7.68. The highest BCUT2D eigenvalue weighted by Gasteiger charge is 2.17. The van der Waals surface area contributed by atoms with E-state index < -0.39 is 13.9 Å². The Morgan fingerprint density at radius 1 is 1.29 bits per heavy atom. The molecule has 0 aliphatic carbocycles. The van der Waals surface area contributed by atoms with Crippen LogP contribution in [0.5, 0.6) is 0 Å². The minimum atomic E-state index is -1.11. The first-order chi connectivity index (χ1) is 13.3. The normalized spacial score (nSPS) is 12.3. The monoisotopic (exact) mass is 417 g/mol. The van der Waals surface area contributed by atoms with E-state index in [9.17, 15) is 4.39 Å². The van der Waals surface area contributed by atoms with Gasteiger partial charge in [-0.1, -0.05) is 31.2 Å². The minimum Gasteiger partial charge on any atom is -0.361 e. The molecule has 0 bridgehead atoms. The molecule has 28 heavy (non-hydrogen) atoms. The second-order valence-electron chi connectivity index (χ2n) is 7.98. The Labute approximate surface area is 167 Å². The molecule has 0 unspecified atom stereocenters. The lowest BCUT2D eigenvalue weighted by molar-refractivity contribution is 0.0899. The van der Waals surface area contributed by atoms with Crippen LogP contribution in [0.3, 0.4) is 0 Å². The maximum atomic E-state index is 14.4. The zero-order chi connectivity index (χ0) is 19.9. The highest BCUT2D eigenvalue weighted by Crippen LogP contribution is 2.30. The molecule has 0 radical (unpaired) electrons. The third kappa shape index (κ3) is 3.80. The maximum absolute atomic E-state index is 14.4. The predicted octanol–water partition coefficient (Wildman–Crippen LogP) is 5.08. The van der Waals surface area contributed by atoms with Gasteiger partial charge in [0.05, 0.1) is 17.1 Å². The van der Waals surface area contributed by atoms with Crippen LogP contribution in [-0.4, -0.2) is 39.4 Å². The number of nitrogens with zero attached hydrogens (tertiary/aromatic N) is 4. The first-order valence-corrected chi connectivity index (χ1v) is 13.1. The fourth-order valence-corrected chi connectivity index (χ4v) is 3.94. The molecule has 0 saturated heterocycles. The van der Waals surface area contributed by atoms with E-state index in [1.54, 1.807) is 12.3 Å². The van der Waals surface area contributed by atoms with Crippen molar-refractivity contribution in [2.75, 3.05) is 6.61 Å². The molecule has 0 fully saturated rings. The van der Waals surface area contributed by atoms with Gasteiger partial charge in [0.15, 0.2) is 5.65 Å². The van der Waals surface area contributed by atoms with Crippen molar-refractivity contribution in [1.82, 2.24) is 24.7 Å². The molecule has 0 atom stereocenters. The zero-order valence-corrected chi connectivity index (χ0v) is 17.7. The van der Waals surface area contributed by atoms with Gasteiger partial charge in [-0.3, -0.25) is 5.10 Å². The molecule has 6 nitrogen and oxygen atoms in total. The molecule has 4 rings (SSSR count). The van der Waals surface area contributed by atoms with Crippen molar-refractivity contribution in [2.45, 2.75) is 32.4 Å². The average Bonchev–Trinajstić information content (AvgIpc) is 3.21. The summed E-state index contributed by atoms with van der Waals surface area (Å²) >= 11 is 5.91. The molecule has 0 spiro atoms. The summed E-state index contributed by atoms with van der Waals surface area (Å²) in [5.74, 6) is -0.443. The van der Waals surface area contributed by atoms with E-state index in [1.807, 2.05) is 16.8 Å². The Balaban J connectivity index is 1.60. The number of fused-ring (bicyclic) bond motifs is 2. The Morgan fingerprint density at radius 2 is 2.11 bits per heavy atom. The molecule has 0 saturated carbocycles. The highest BCUT2D eigenvalue weighted by molar-refractivity contribution is 6.76. The van der Waals surface area contributed by atoms with Crippen molar-refractivity contribution < 1.29 is 9.13 Å². The topological polar surface area (TPSA) is 68.6 Å². The van der Waals surface area contributed by atoms with Crippen molar-refractivity contribution in [3.8, 4) is 11.4 Å². The van der Waals surface area contributed by atoms with E-state index in [2.05, 4.69) is 39.8 Å². The van der Waals surface area contributed by atoms with Crippen LogP contribution >= 0.6 is 11.6 Å². The summed E-state index contributed by atoms with van der Waals surface area (Å²) < 4.78 is 22.1. The molecule has 3 aromatic heterocycles. The lowest BCUT2D eigenvalue weighted by atomic mass is 10.1. The smallest absolute Gasteiger partial charge is 0.160 e. The molecule has 0 aliphatic heterocycles. The largest absolute Gasteiger partial charge is 0.361 e.